The Hall–Kier alpha value is -3.28. The van der Waals surface area contributed by atoms with Crippen molar-refractivity contribution in [2.75, 3.05) is 5.32 Å². The first kappa shape index (κ1) is 17.5. The summed E-state index contributed by atoms with van der Waals surface area (Å²) in [5.74, 6) is -1.20. The van der Waals surface area contributed by atoms with Gasteiger partial charge in [-0.3, -0.25) is 4.79 Å². The maximum Gasteiger partial charge on any atom is 0.340 e. The summed E-state index contributed by atoms with van der Waals surface area (Å²) in [7, 11) is 0. The molecular formula is C20H19NO5. The second-order valence-corrected chi connectivity index (χ2v) is 6.35. The van der Waals surface area contributed by atoms with Crippen LogP contribution in [0.1, 0.15) is 22.3 Å². The van der Waals surface area contributed by atoms with Crippen molar-refractivity contribution in [2.45, 2.75) is 27.2 Å². The van der Waals surface area contributed by atoms with Crippen LogP contribution in [0, 0.1) is 20.8 Å². The van der Waals surface area contributed by atoms with Gasteiger partial charge in [0, 0.05) is 11.1 Å². The standard InChI is InChI=1S/C20H19NO5/c1-10-4-6-15(11(2)8-10)21-17(23)9-14-12(3)13-5-7-16(22)18(24)19(13)26-20(14)25/h4-8,22,24H,9H2,1-3H3,(H,21,23). The predicted octanol–water partition coefficient (Wildman–Crippen LogP) is 3.31. The minimum atomic E-state index is -0.716. The number of phenolic OH excluding ortho intramolecular Hbond substituents is 2. The molecule has 2 aromatic carbocycles. The second kappa shape index (κ2) is 6.55. The number of amides is 1. The highest BCUT2D eigenvalue weighted by Crippen LogP contribution is 2.34. The average molecular weight is 353 g/mol. The van der Waals surface area contributed by atoms with Gasteiger partial charge in [0.25, 0.3) is 0 Å². The van der Waals surface area contributed by atoms with E-state index in [9.17, 15) is 19.8 Å². The van der Waals surface area contributed by atoms with E-state index in [4.69, 9.17) is 4.42 Å². The lowest BCUT2D eigenvalue weighted by Gasteiger charge is -2.11. The Kier molecular flexibility index (Phi) is 4.42. The van der Waals surface area contributed by atoms with Crippen molar-refractivity contribution in [1.29, 1.82) is 0 Å². The predicted molar refractivity (Wildman–Crippen MR) is 98.8 cm³/mol. The molecule has 3 aromatic rings. The summed E-state index contributed by atoms with van der Waals surface area (Å²) < 4.78 is 5.13. The van der Waals surface area contributed by atoms with Crippen molar-refractivity contribution in [3.8, 4) is 11.5 Å². The van der Waals surface area contributed by atoms with Crippen molar-refractivity contribution < 1.29 is 19.4 Å². The van der Waals surface area contributed by atoms with Gasteiger partial charge in [0.05, 0.1) is 12.0 Å². The zero-order valence-electron chi connectivity index (χ0n) is 14.7. The number of aromatic hydroxyl groups is 2. The summed E-state index contributed by atoms with van der Waals surface area (Å²) in [6.45, 7) is 5.54. The van der Waals surface area contributed by atoms with E-state index in [1.807, 2.05) is 32.0 Å². The molecule has 3 rings (SSSR count). The van der Waals surface area contributed by atoms with Crippen LogP contribution in [0.2, 0.25) is 0 Å². The summed E-state index contributed by atoms with van der Waals surface area (Å²) in [5, 5.41) is 22.7. The van der Waals surface area contributed by atoms with Gasteiger partial charge in [0.15, 0.2) is 11.3 Å². The molecule has 0 unspecified atom stereocenters. The zero-order chi connectivity index (χ0) is 19.0. The molecule has 0 aliphatic carbocycles. The number of carbonyl (C=O) groups excluding carboxylic acids is 1. The fourth-order valence-electron chi connectivity index (χ4n) is 2.94. The van der Waals surface area contributed by atoms with E-state index in [0.29, 0.717) is 16.6 Å². The summed E-state index contributed by atoms with van der Waals surface area (Å²) in [6.07, 6.45) is -0.154. The summed E-state index contributed by atoms with van der Waals surface area (Å²) in [5.41, 5.74) is 2.64. The molecule has 0 atom stereocenters. The number of phenols is 2. The Morgan fingerprint density at radius 2 is 1.85 bits per heavy atom. The van der Waals surface area contributed by atoms with Crippen LogP contribution < -0.4 is 10.9 Å². The SMILES string of the molecule is Cc1ccc(NC(=O)Cc2c(C)c3ccc(O)c(O)c3oc2=O)c(C)c1. The number of rotatable bonds is 3. The third-order valence-corrected chi connectivity index (χ3v) is 4.40. The van der Waals surface area contributed by atoms with E-state index >= 15 is 0 Å². The number of benzene rings is 2. The van der Waals surface area contributed by atoms with Gasteiger partial charge in [0.1, 0.15) is 0 Å². The van der Waals surface area contributed by atoms with Crippen LogP contribution in [-0.2, 0) is 11.2 Å². The maximum atomic E-state index is 12.4. The largest absolute Gasteiger partial charge is 0.504 e. The number of hydrogen-bond acceptors (Lipinski definition) is 5. The second-order valence-electron chi connectivity index (χ2n) is 6.35. The lowest BCUT2D eigenvalue weighted by Crippen LogP contribution is -2.21. The van der Waals surface area contributed by atoms with E-state index in [2.05, 4.69) is 5.32 Å². The minimum absolute atomic E-state index is 0.0916. The van der Waals surface area contributed by atoms with Crippen LogP contribution in [-0.4, -0.2) is 16.1 Å². The molecule has 0 radical (unpaired) electrons. The molecule has 0 saturated carbocycles. The third-order valence-electron chi connectivity index (χ3n) is 4.40. The van der Waals surface area contributed by atoms with Gasteiger partial charge >= 0.3 is 5.63 Å². The van der Waals surface area contributed by atoms with Crippen LogP contribution in [0.3, 0.4) is 0 Å². The molecule has 0 spiro atoms. The number of carbonyl (C=O) groups is 1. The first-order chi connectivity index (χ1) is 12.3. The Labute approximate surface area is 149 Å². The molecule has 0 aliphatic rings. The minimum Gasteiger partial charge on any atom is -0.504 e. The van der Waals surface area contributed by atoms with Crippen molar-refractivity contribution in [3.63, 3.8) is 0 Å². The van der Waals surface area contributed by atoms with Crippen LogP contribution in [0.25, 0.3) is 11.0 Å². The molecule has 134 valence electrons. The fourth-order valence-corrected chi connectivity index (χ4v) is 2.94. The van der Waals surface area contributed by atoms with Crippen molar-refractivity contribution in [2.24, 2.45) is 0 Å². The van der Waals surface area contributed by atoms with Crippen LogP contribution >= 0.6 is 0 Å². The van der Waals surface area contributed by atoms with E-state index in [0.717, 1.165) is 11.1 Å². The van der Waals surface area contributed by atoms with E-state index in [-0.39, 0.29) is 29.2 Å². The van der Waals surface area contributed by atoms with Gasteiger partial charge in [-0.2, -0.15) is 0 Å². The number of aryl methyl sites for hydroxylation is 3. The Morgan fingerprint density at radius 1 is 1.12 bits per heavy atom. The Balaban J connectivity index is 1.94. The van der Waals surface area contributed by atoms with E-state index < -0.39 is 11.4 Å². The third kappa shape index (κ3) is 3.13. The molecular weight excluding hydrogens is 334 g/mol. The Bertz CT molecular complexity index is 1080. The lowest BCUT2D eigenvalue weighted by atomic mass is 10.0. The smallest absolute Gasteiger partial charge is 0.340 e. The molecule has 3 N–H and O–H groups in total. The summed E-state index contributed by atoms with van der Waals surface area (Å²) in [6, 6.07) is 8.52. The molecule has 6 heteroatoms. The number of nitrogens with one attached hydrogen (secondary N) is 1. The quantitative estimate of drug-likeness (QED) is 0.495. The average Bonchev–Trinajstić information content (AvgIpc) is 2.58. The highest BCUT2D eigenvalue weighted by molar-refractivity contribution is 5.94. The molecule has 0 fully saturated rings. The molecule has 6 nitrogen and oxygen atoms in total. The maximum absolute atomic E-state index is 12.4. The number of hydrogen-bond donors (Lipinski definition) is 3. The Morgan fingerprint density at radius 3 is 2.54 bits per heavy atom. The highest BCUT2D eigenvalue weighted by atomic mass is 16.4. The van der Waals surface area contributed by atoms with Crippen molar-refractivity contribution in [3.05, 3.63) is 63.0 Å². The molecule has 1 aromatic heterocycles. The fraction of sp³-hybridized carbons (Fsp3) is 0.200. The molecule has 0 bridgehead atoms. The van der Waals surface area contributed by atoms with Gasteiger partial charge in [-0.15, -0.1) is 0 Å². The summed E-state index contributed by atoms with van der Waals surface area (Å²) in [4.78, 5) is 24.7. The number of fused-ring (bicyclic) bond motifs is 1. The molecule has 1 heterocycles. The molecule has 1 amide bonds. The van der Waals surface area contributed by atoms with Crippen LogP contribution in [0.15, 0.2) is 39.5 Å². The van der Waals surface area contributed by atoms with Crippen LogP contribution in [0.4, 0.5) is 5.69 Å². The molecule has 0 aliphatic heterocycles. The monoisotopic (exact) mass is 353 g/mol. The van der Waals surface area contributed by atoms with Crippen molar-refractivity contribution in [1.82, 2.24) is 0 Å². The summed E-state index contributed by atoms with van der Waals surface area (Å²) >= 11 is 0. The lowest BCUT2D eigenvalue weighted by molar-refractivity contribution is -0.115. The highest BCUT2D eigenvalue weighted by Gasteiger charge is 2.18. The van der Waals surface area contributed by atoms with E-state index in [1.54, 1.807) is 6.92 Å². The van der Waals surface area contributed by atoms with Gasteiger partial charge in [-0.1, -0.05) is 17.7 Å². The van der Waals surface area contributed by atoms with Gasteiger partial charge in [0.2, 0.25) is 11.7 Å². The van der Waals surface area contributed by atoms with Crippen LogP contribution in [0.5, 0.6) is 11.5 Å². The first-order valence-electron chi connectivity index (χ1n) is 8.12. The molecule has 0 saturated heterocycles. The molecule has 26 heavy (non-hydrogen) atoms. The van der Waals surface area contributed by atoms with Gasteiger partial charge in [-0.25, -0.2) is 4.79 Å². The topological polar surface area (TPSA) is 99.8 Å². The van der Waals surface area contributed by atoms with Crippen molar-refractivity contribution >= 4 is 22.6 Å². The van der Waals surface area contributed by atoms with Gasteiger partial charge < -0.3 is 19.9 Å². The van der Waals surface area contributed by atoms with Gasteiger partial charge in [-0.05, 0) is 50.1 Å². The normalized spacial score (nSPS) is 10.9. The number of anilines is 1. The first-order valence-corrected chi connectivity index (χ1v) is 8.12. The van der Waals surface area contributed by atoms with E-state index in [1.165, 1.54) is 12.1 Å². The zero-order valence-corrected chi connectivity index (χ0v) is 14.7.